The highest BCUT2D eigenvalue weighted by Crippen LogP contribution is 2.41. The Balaban J connectivity index is 1.41. The molecule has 1 amide bonds. The molecule has 38 heavy (non-hydrogen) atoms. The summed E-state index contributed by atoms with van der Waals surface area (Å²) in [4.78, 5) is 12.8. The third kappa shape index (κ3) is 5.30. The van der Waals surface area contributed by atoms with Crippen molar-refractivity contribution in [3.8, 4) is 33.9 Å². The number of hydrogen-bond acceptors (Lipinski definition) is 4. The number of nitrogens with one attached hydrogen (secondary N) is 1. The van der Waals surface area contributed by atoms with Crippen LogP contribution in [-0.2, 0) is 11.3 Å². The molecule has 0 saturated heterocycles. The van der Waals surface area contributed by atoms with Gasteiger partial charge >= 0.3 is 0 Å². The minimum Gasteiger partial charge on any atom is -0.504 e. The summed E-state index contributed by atoms with van der Waals surface area (Å²) in [5.41, 5.74) is 8.89. The summed E-state index contributed by atoms with van der Waals surface area (Å²) in [6.45, 7) is 2.78. The van der Waals surface area contributed by atoms with Crippen molar-refractivity contribution >= 4 is 23.0 Å². The molecule has 0 fully saturated rings. The Morgan fingerprint density at radius 2 is 1.61 bits per heavy atom. The molecule has 2 N–H and O–H groups in total. The van der Waals surface area contributed by atoms with E-state index in [2.05, 4.69) is 57.6 Å². The van der Waals surface area contributed by atoms with E-state index < -0.39 is 0 Å². The summed E-state index contributed by atoms with van der Waals surface area (Å²) in [7, 11) is 0. The summed E-state index contributed by atoms with van der Waals surface area (Å²) < 4.78 is 7.63. The summed E-state index contributed by atoms with van der Waals surface area (Å²) >= 11 is 0. The number of aromatic hydroxyl groups is 1. The van der Waals surface area contributed by atoms with Crippen LogP contribution in [0.3, 0.4) is 0 Å². The van der Waals surface area contributed by atoms with Gasteiger partial charge in [-0.25, -0.2) is 5.43 Å². The zero-order chi connectivity index (χ0) is 26.3. The van der Waals surface area contributed by atoms with Crippen LogP contribution >= 0.6 is 0 Å². The zero-order valence-corrected chi connectivity index (χ0v) is 21.2. The summed E-state index contributed by atoms with van der Waals surface area (Å²) in [6.07, 6.45) is 1.79. The number of benzene rings is 4. The van der Waals surface area contributed by atoms with Crippen LogP contribution in [0.2, 0.25) is 0 Å². The molecule has 1 aromatic heterocycles. The molecular formula is C32H29N3O3. The first kappa shape index (κ1) is 24.8. The highest BCUT2D eigenvalue weighted by molar-refractivity contribution is 6.04. The smallest absolute Gasteiger partial charge is 0.241 e. The van der Waals surface area contributed by atoms with Crippen molar-refractivity contribution < 1.29 is 14.6 Å². The van der Waals surface area contributed by atoms with Crippen LogP contribution in [0, 0.1) is 0 Å². The van der Waals surface area contributed by atoms with Crippen molar-refractivity contribution in [2.24, 2.45) is 5.10 Å². The van der Waals surface area contributed by atoms with E-state index in [9.17, 15) is 9.90 Å². The van der Waals surface area contributed by atoms with E-state index in [-0.39, 0.29) is 18.1 Å². The van der Waals surface area contributed by atoms with Crippen LogP contribution in [-0.4, -0.2) is 28.4 Å². The number of aromatic nitrogens is 1. The molecule has 0 saturated carbocycles. The zero-order valence-electron chi connectivity index (χ0n) is 21.2. The fraction of sp³-hybridized carbons (Fsp3) is 0.125. The molecule has 190 valence electrons. The lowest BCUT2D eigenvalue weighted by Crippen LogP contribution is -2.19. The number of nitrogens with zero attached hydrogens (tertiary/aromatic N) is 2. The van der Waals surface area contributed by atoms with Gasteiger partial charge in [0.05, 0.1) is 18.5 Å². The highest BCUT2D eigenvalue weighted by atomic mass is 16.5. The Morgan fingerprint density at radius 3 is 2.34 bits per heavy atom. The second-order valence-corrected chi connectivity index (χ2v) is 8.83. The van der Waals surface area contributed by atoms with E-state index in [1.807, 2.05) is 49.4 Å². The Labute approximate surface area is 221 Å². The molecule has 1 heterocycles. The maximum absolute atomic E-state index is 12.8. The van der Waals surface area contributed by atoms with Crippen molar-refractivity contribution in [3.63, 3.8) is 0 Å². The SMILES string of the molecule is CCOc1cc(/C=N/NC(=O)CCn2c(-c3ccccc3)c(-c3ccccc3)c3ccccc32)ccc1O. The van der Waals surface area contributed by atoms with Crippen molar-refractivity contribution in [3.05, 3.63) is 109 Å². The normalized spacial score (nSPS) is 11.2. The van der Waals surface area contributed by atoms with Crippen LogP contribution in [0.1, 0.15) is 18.9 Å². The molecule has 5 rings (SSSR count). The number of carbonyl (C=O) groups is 1. The molecule has 0 radical (unpaired) electrons. The average molecular weight is 504 g/mol. The Hall–Kier alpha value is -4.84. The van der Waals surface area contributed by atoms with E-state index in [0.29, 0.717) is 24.5 Å². The van der Waals surface area contributed by atoms with Crippen LogP contribution in [0.4, 0.5) is 0 Å². The Morgan fingerprint density at radius 1 is 0.921 bits per heavy atom. The van der Waals surface area contributed by atoms with E-state index in [4.69, 9.17) is 4.74 Å². The van der Waals surface area contributed by atoms with E-state index in [1.165, 1.54) is 6.21 Å². The Bertz CT molecular complexity index is 1570. The number of para-hydroxylation sites is 1. The van der Waals surface area contributed by atoms with Gasteiger partial charge in [0.1, 0.15) is 0 Å². The van der Waals surface area contributed by atoms with E-state index in [1.54, 1.807) is 18.2 Å². The first-order valence-corrected chi connectivity index (χ1v) is 12.7. The quantitative estimate of drug-likeness (QED) is 0.175. The molecule has 0 unspecified atom stereocenters. The van der Waals surface area contributed by atoms with Gasteiger partial charge in [-0.05, 0) is 47.9 Å². The standard InChI is InChI=1S/C32H29N3O3/c1-2-38-29-21-23(17-18-28(29)36)22-33-34-30(37)19-20-35-27-16-10-9-15-26(27)31(24-11-5-3-6-12-24)32(35)25-13-7-4-8-14-25/h3-18,21-22,36H,2,19-20H2,1H3,(H,34,37)/b33-22+. The second-order valence-electron chi connectivity index (χ2n) is 8.83. The third-order valence-electron chi connectivity index (χ3n) is 6.33. The third-order valence-corrected chi connectivity index (χ3v) is 6.33. The number of rotatable bonds is 9. The second kappa shape index (κ2) is 11.5. The molecule has 6 heteroatoms. The van der Waals surface area contributed by atoms with Crippen molar-refractivity contribution in [1.82, 2.24) is 9.99 Å². The first-order chi connectivity index (χ1) is 18.7. The molecular weight excluding hydrogens is 474 g/mol. The molecule has 0 aliphatic heterocycles. The number of ether oxygens (including phenoxy) is 1. The van der Waals surface area contributed by atoms with Gasteiger partial charge in [-0.1, -0.05) is 78.9 Å². The van der Waals surface area contributed by atoms with Gasteiger partial charge in [-0.2, -0.15) is 5.10 Å². The largest absolute Gasteiger partial charge is 0.504 e. The first-order valence-electron chi connectivity index (χ1n) is 12.7. The lowest BCUT2D eigenvalue weighted by atomic mass is 9.98. The lowest BCUT2D eigenvalue weighted by Gasteiger charge is -2.13. The van der Waals surface area contributed by atoms with Gasteiger partial charge in [-0.3, -0.25) is 4.79 Å². The molecule has 0 aliphatic rings. The van der Waals surface area contributed by atoms with Crippen LogP contribution in [0.5, 0.6) is 11.5 Å². The minimum absolute atomic E-state index is 0.0658. The highest BCUT2D eigenvalue weighted by Gasteiger charge is 2.20. The summed E-state index contributed by atoms with van der Waals surface area (Å²) in [5, 5.41) is 15.1. The Kier molecular flexibility index (Phi) is 7.50. The fourth-order valence-electron chi connectivity index (χ4n) is 4.66. The monoisotopic (exact) mass is 503 g/mol. The lowest BCUT2D eigenvalue weighted by molar-refractivity contribution is -0.121. The van der Waals surface area contributed by atoms with Gasteiger partial charge < -0.3 is 14.4 Å². The van der Waals surface area contributed by atoms with Crippen LogP contribution < -0.4 is 10.2 Å². The maximum atomic E-state index is 12.8. The molecule has 5 aromatic rings. The molecule has 6 nitrogen and oxygen atoms in total. The van der Waals surface area contributed by atoms with Crippen molar-refractivity contribution in [2.45, 2.75) is 19.9 Å². The summed E-state index contributed by atoms with van der Waals surface area (Å²) in [5.74, 6) is 0.254. The number of hydrazone groups is 1. The topological polar surface area (TPSA) is 75.8 Å². The van der Waals surface area contributed by atoms with Crippen LogP contribution in [0.15, 0.2) is 108 Å². The van der Waals surface area contributed by atoms with Gasteiger partial charge in [0, 0.05) is 29.4 Å². The van der Waals surface area contributed by atoms with Crippen molar-refractivity contribution in [1.29, 1.82) is 0 Å². The predicted molar refractivity (Wildman–Crippen MR) is 152 cm³/mol. The number of amides is 1. The van der Waals surface area contributed by atoms with E-state index >= 15 is 0 Å². The molecule has 0 aliphatic carbocycles. The van der Waals surface area contributed by atoms with Gasteiger partial charge in [0.2, 0.25) is 5.91 Å². The number of aryl methyl sites for hydroxylation is 1. The van der Waals surface area contributed by atoms with E-state index in [0.717, 1.165) is 33.3 Å². The predicted octanol–water partition coefficient (Wildman–Crippen LogP) is 6.62. The fourth-order valence-corrected chi connectivity index (χ4v) is 4.66. The number of fused-ring (bicyclic) bond motifs is 1. The maximum Gasteiger partial charge on any atom is 0.241 e. The van der Waals surface area contributed by atoms with Crippen molar-refractivity contribution in [2.75, 3.05) is 6.61 Å². The summed E-state index contributed by atoms with van der Waals surface area (Å²) in [6, 6.07) is 33.9. The number of phenolic OH excluding ortho intramolecular Hbond substituents is 1. The van der Waals surface area contributed by atoms with Gasteiger partial charge in [-0.15, -0.1) is 0 Å². The average Bonchev–Trinajstić information content (AvgIpc) is 3.29. The minimum atomic E-state index is -0.192. The number of phenols is 1. The van der Waals surface area contributed by atoms with Crippen LogP contribution in [0.25, 0.3) is 33.3 Å². The molecule has 0 bridgehead atoms. The van der Waals surface area contributed by atoms with Gasteiger partial charge in [0.15, 0.2) is 11.5 Å². The molecule has 4 aromatic carbocycles. The molecule has 0 atom stereocenters. The van der Waals surface area contributed by atoms with Gasteiger partial charge in [0.25, 0.3) is 0 Å². The number of carbonyl (C=O) groups excluding carboxylic acids is 1. The molecule has 0 spiro atoms. The number of hydrogen-bond donors (Lipinski definition) is 2.